The highest BCUT2D eigenvalue weighted by Gasteiger charge is 2.29. The largest absolute Gasteiger partial charge is 0.444 e. The molecule has 2 atom stereocenters. The maximum atomic E-state index is 11.9. The van der Waals surface area contributed by atoms with Crippen LogP contribution in [0.25, 0.3) is 0 Å². The SMILES string of the molecule is CC(C)(C)OC(=O)N[C@@H]1CCCN[C@H]1c1cn[nH]c1. The lowest BCUT2D eigenvalue weighted by molar-refractivity contribution is 0.0481. The molecule has 6 nitrogen and oxygen atoms in total. The number of aromatic nitrogens is 2. The van der Waals surface area contributed by atoms with Crippen molar-refractivity contribution < 1.29 is 9.53 Å². The summed E-state index contributed by atoms with van der Waals surface area (Å²) >= 11 is 0. The molecule has 3 N–H and O–H groups in total. The first-order valence-electron chi connectivity index (χ1n) is 6.67. The standard InChI is InChI=1S/C13H22N4O2/c1-13(2,3)19-12(18)17-10-5-4-6-14-11(10)9-7-15-16-8-9/h7-8,10-11,14H,4-6H2,1-3H3,(H,15,16)(H,17,18)/t10-,11+/m1/s1. The predicted molar refractivity (Wildman–Crippen MR) is 71.7 cm³/mol. The number of hydrogen-bond acceptors (Lipinski definition) is 4. The fourth-order valence-electron chi connectivity index (χ4n) is 2.28. The van der Waals surface area contributed by atoms with Gasteiger partial charge in [0, 0.05) is 11.8 Å². The van der Waals surface area contributed by atoms with Crippen molar-refractivity contribution >= 4 is 6.09 Å². The van der Waals surface area contributed by atoms with E-state index in [4.69, 9.17) is 4.74 Å². The molecule has 0 unspecified atom stereocenters. The summed E-state index contributed by atoms with van der Waals surface area (Å²) < 4.78 is 5.30. The van der Waals surface area contributed by atoms with E-state index in [0.717, 1.165) is 24.9 Å². The summed E-state index contributed by atoms with van der Waals surface area (Å²) in [7, 11) is 0. The maximum Gasteiger partial charge on any atom is 0.407 e. The second-order valence-corrected chi connectivity index (χ2v) is 5.86. The summed E-state index contributed by atoms with van der Waals surface area (Å²) in [5.74, 6) is 0. The van der Waals surface area contributed by atoms with Crippen molar-refractivity contribution in [3.63, 3.8) is 0 Å². The van der Waals surface area contributed by atoms with Crippen LogP contribution in [0.2, 0.25) is 0 Å². The van der Waals surface area contributed by atoms with Gasteiger partial charge in [-0.15, -0.1) is 0 Å². The van der Waals surface area contributed by atoms with Crippen LogP contribution in [0.3, 0.4) is 0 Å². The van der Waals surface area contributed by atoms with Gasteiger partial charge in [0.2, 0.25) is 0 Å². The van der Waals surface area contributed by atoms with E-state index in [1.54, 1.807) is 6.20 Å². The van der Waals surface area contributed by atoms with Gasteiger partial charge in [-0.2, -0.15) is 5.10 Å². The van der Waals surface area contributed by atoms with Crippen molar-refractivity contribution in [2.24, 2.45) is 0 Å². The van der Waals surface area contributed by atoms with Crippen LogP contribution in [0.15, 0.2) is 12.4 Å². The predicted octanol–water partition coefficient (Wildman–Crippen LogP) is 1.73. The molecule has 106 valence electrons. The zero-order valence-electron chi connectivity index (χ0n) is 11.7. The number of hydrogen-bond donors (Lipinski definition) is 3. The molecule has 0 spiro atoms. The molecule has 1 aliphatic rings. The fourth-order valence-corrected chi connectivity index (χ4v) is 2.28. The monoisotopic (exact) mass is 266 g/mol. The number of carbonyl (C=O) groups is 1. The third-order valence-electron chi connectivity index (χ3n) is 3.04. The van der Waals surface area contributed by atoms with Gasteiger partial charge < -0.3 is 15.4 Å². The third-order valence-corrected chi connectivity index (χ3v) is 3.04. The summed E-state index contributed by atoms with van der Waals surface area (Å²) in [6.45, 7) is 6.53. The Balaban J connectivity index is 1.98. The molecular formula is C13H22N4O2. The van der Waals surface area contributed by atoms with E-state index in [9.17, 15) is 4.79 Å². The molecule has 1 aliphatic heterocycles. The number of piperidine rings is 1. The number of alkyl carbamates (subject to hydrolysis) is 1. The molecule has 1 amide bonds. The summed E-state index contributed by atoms with van der Waals surface area (Å²) in [6.07, 6.45) is 5.24. The van der Waals surface area contributed by atoms with Gasteiger partial charge in [0.1, 0.15) is 5.60 Å². The average Bonchev–Trinajstić information content (AvgIpc) is 2.80. The molecule has 0 bridgehead atoms. The third kappa shape index (κ3) is 3.96. The van der Waals surface area contributed by atoms with Crippen LogP contribution >= 0.6 is 0 Å². The highest BCUT2D eigenvalue weighted by atomic mass is 16.6. The molecule has 2 heterocycles. The molecule has 1 aromatic rings. The number of H-pyrrole nitrogens is 1. The van der Waals surface area contributed by atoms with Crippen molar-refractivity contribution in [3.8, 4) is 0 Å². The highest BCUT2D eigenvalue weighted by molar-refractivity contribution is 5.68. The molecule has 6 heteroatoms. The van der Waals surface area contributed by atoms with Crippen LogP contribution in [0.5, 0.6) is 0 Å². The first-order valence-corrected chi connectivity index (χ1v) is 6.67. The van der Waals surface area contributed by atoms with Crippen LogP contribution < -0.4 is 10.6 Å². The molecule has 0 aromatic carbocycles. The number of nitrogens with zero attached hydrogens (tertiary/aromatic N) is 1. The lowest BCUT2D eigenvalue weighted by Crippen LogP contribution is -2.49. The van der Waals surface area contributed by atoms with E-state index in [1.807, 2.05) is 27.0 Å². The average molecular weight is 266 g/mol. The second-order valence-electron chi connectivity index (χ2n) is 5.86. The smallest absolute Gasteiger partial charge is 0.407 e. The lowest BCUT2D eigenvalue weighted by atomic mass is 9.94. The zero-order chi connectivity index (χ0) is 13.9. The molecule has 19 heavy (non-hydrogen) atoms. The molecule has 2 rings (SSSR count). The first-order chi connectivity index (χ1) is 8.96. The van der Waals surface area contributed by atoms with Crippen LogP contribution in [0, 0.1) is 0 Å². The fraction of sp³-hybridized carbons (Fsp3) is 0.692. The Hall–Kier alpha value is -1.56. The molecule has 0 radical (unpaired) electrons. The lowest BCUT2D eigenvalue weighted by Gasteiger charge is -2.33. The quantitative estimate of drug-likeness (QED) is 0.761. The Bertz CT molecular complexity index is 411. The van der Waals surface area contributed by atoms with E-state index in [2.05, 4.69) is 20.8 Å². The van der Waals surface area contributed by atoms with Gasteiger partial charge in [-0.3, -0.25) is 5.10 Å². The van der Waals surface area contributed by atoms with Gasteiger partial charge in [-0.1, -0.05) is 0 Å². The normalized spacial score (nSPS) is 23.9. The number of ether oxygens (including phenoxy) is 1. The van der Waals surface area contributed by atoms with Crippen molar-refractivity contribution in [1.82, 2.24) is 20.8 Å². The van der Waals surface area contributed by atoms with Crippen molar-refractivity contribution in [2.75, 3.05) is 6.54 Å². The topological polar surface area (TPSA) is 79.0 Å². The van der Waals surface area contributed by atoms with Crippen LogP contribution in [-0.4, -0.2) is 34.5 Å². The summed E-state index contributed by atoms with van der Waals surface area (Å²) in [5, 5.41) is 13.1. The minimum absolute atomic E-state index is 0.0289. The number of aromatic amines is 1. The van der Waals surface area contributed by atoms with E-state index in [1.165, 1.54) is 0 Å². The molecule has 1 fully saturated rings. The van der Waals surface area contributed by atoms with Crippen molar-refractivity contribution in [1.29, 1.82) is 0 Å². The van der Waals surface area contributed by atoms with Gasteiger partial charge in [0.25, 0.3) is 0 Å². The minimum Gasteiger partial charge on any atom is -0.444 e. The van der Waals surface area contributed by atoms with Crippen LogP contribution in [-0.2, 0) is 4.74 Å². The Morgan fingerprint density at radius 2 is 2.32 bits per heavy atom. The second kappa shape index (κ2) is 5.61. The van der Waals surface area contributed by atoms with E-state index < -0.39 is 5.60 Å². The van der Waals surface area contributed by atoms with Crippen LogP contribution in [0.1, 0.15) is 45.2 Å². The van der Waals surface area contributed by atoms with Gasteiger partial charge in [0.15, 0.2) is 0 Å². The van der Waals surface area contributed by atoms with Gasteiger partial charge >= 0.3 is 6.09 Å². The van der Waals surface area contributed by atoms with Gasteiger partial charge in [-0.25, -0.2) is 4.79 Å². The number of nitrogens with one attached hydrogen (secondary N) is 3. The van der Waals surface area contributed by atoms with Crippen LogP contribution in [0.4, 0.5) is 4.79 Å². The Morgan fingerprint density at radius 1 is 1.53 bits per heavy atom. The summed E-state index contributed by atoms with van der Waals surface area (Å²) in [4.78, 5) is 11.9. The van der Waals surface area contributed by atoms with E-state index in [0.29, 0.717) is 0 Å². The van der Waals surface area contributed by atoms with Crippen molar-refractivity contribution in [3.05, 3.63) is 18.0 Å². The molecule has 0 aliphatic carbocycles. The molecular weight excluding hydrogens is 244 g/mol. The summed E-state index contributed by atoms with van der Waals surface area (Å²) in [5.41, 5.74) is 0.581. The first kappa shape index (κ1) is 13.9. The number of amides is 1. The Labute approximate surface area is 113 Å². The molecule has 1 saturated heterocycles. The number of rotatable bonds is 2. The minimum atomic E-state index is -0.475. The summed E-state index contributed by atoms with van der Waals surface area (Å²) in [6, 6.07) is 0.112. The van der Waals surface area contributed by atoms with Crippen molar-refractivity contribution in [2.45, 2.75) is 51.3 Å². The highest BCUT2D eigenvalue weighted by Crippen LogP contribution is 2.23. The Morgan fingerprint density at radius 3 is 2.95 bits per heavy atom. The van der Waals surface area contributed by atoms with E-state index >= 15 is 0 Å². The van der Waals surface area contributed by atoms with Gasteiger partial charge in [-0.05, 0) is 40.2 Å². The maximum absolute atomic E-state index is 11.9. The molecule has 0 saturated carbocycles. The molecule has 1 aromatic heterocycles. The van der Waals surface area contributed by atoms with Gasteiger partial charge in [0.05, 0.1) is 18.3 Å². The number of carbonyl (C=O) groups excluding carboxylic acids is 1. The zero-order valence-corrected chi connectivity index (χ0v) is 11.7. The van der Waals surface area contributed by atoms with E-state index in [-0.39, 0.29) is 18.2 Å². The Kier molecular flexibility index (Phi) is 4.09.